The molecule has 2 heterocycles. The number of amides is 2. The smallest absolute Gasteiger partial charge is 0.355 e. The van der Waals surface area contributed by atoms with Gasteiger partial charge in [-0.15, -0.1) is 11.3 Å². The van der Waals surface area contributed by atoms with Gasteiger partial charge in [-0.05, 0) is 18.4 Å². The highest BCUT2D eigenvalue weighted by molar-refractivity contribution is 7.09. The normalized spacial score (nSPS) is 15.4. The fourth-order valence-corrected chi connectivity index (χ4v) is 3.89. The van der Waals surface area contributed by atoms with Crippen molar-refractivity contribution in [1.29, 1.82) is 0 Å². The molecular formula is C19H21N3O4S. The number of nitrogens with one attached hydrogen (secondary N) is 1. The topological polar surface area (TPSA) is 99.6 Å². The van der Waals surface area contributed by atoms with Crippen LogP contribution in [0.2, 0.25) is 0 Å². The quantitative estimate of drug-likeness (QED) is 0.759. The Hall–Kier alpha value is -2.74. The number of carbonyl (C=O) groups excluding carboxylic acids is 2. The highest BCUT2D eigenvalue weighted by Gasteiger charge is 2.32. The molecule has 0 saturated carbocycles. The minimum Gasteiger partial charge on any atom is -0.476 e. The van der Waals surface area contributed by atoms with Gasteiger partial charge in [0.15, 0.2) is 5.69 Å². The van der Waals surface area contributed by atoms with Crippen LogP contribution in [-0.4, -0.2) is 45.9 Å². The van der Waals surface area contributed by atoms with Gasteiger partial charge in [0.1, 0.15) is 6.04 Å². The van der Waals surface area contributed by atoms with E-state index < -0.39 is 12.0 Å². The molecule has 7 nitrogen and oxygen atoms in total. The van der Waals surface area contributed by atoms with Gasteiger partial charge < -0.3 is 15.3 Å². The number of thiazole rings is 1. The van der Waals surface area contributed by atoms with Crippen molar-refractivity contribution in [2.45, 2.75) is 31.7 Å². The van der Waals surface area contributed by atoms with E-state index >= 15 is 0 Å². The fraction of sp³-hybridized carbons (Fsp3) is 0.368. The van der Waals surface area contributed by atoms with Crippen molar-refractivity contribution >= 4 is 29.1 Å². The summed E-state index contributed by atoms with van der Waals surface area (Å²) < 4.78 is 0. The maximum Gasteiger partial charge on any atom is 0.355 e. The molecule has 1 aliphatic rings. The van der Waals surface area contributed by atoms with Crippen LogP contribution in [0.5, 0.6) is 0 Å². The van der Waals surface area contributed by atoms with E-state index in [4.69, 9.17) is 5.11 Å². The molecule has 2 aromatic rings. The number of hydrogen-bond acceptors (Lipinski definition) is 5. The van der Waals surface area contributed by atoms with Gasteiger partial charge in [0, 0.05) is 31.3 Å². The van der Waals surface area contributed by atoms with Crippen molar-refractivity contribution in [3.8, 4) is 0 Å². The SMILES string of the molecule is O=C(O)c1csc(CCNC(=O)C(c2ccccc2)N2CCCCC2=O)n1. The van der Waals surface area contributed by atoms with Crippen LogP contribution in [0.15, 0.2) is 35.7 Å². The number of rotatable bonds is 7. The molecule has 1 unspecified atom stereocenters. The van der Waals surface area contributed by atoms with E-state index in [1.807, 2.05) is 30.3 Å². The van der Waals surface area contributed by atoms with Gasteiger partial charge >= 0.3 is 5.97 Å². The van der Waals surface area contributed by atoms with Crippen molar-refractivity contribution in [2.24, 2.45) is 0 Å². The van der Waals surface area contributed by atoms with Gasteiger partial charge in [-0.3, -0.25) is 9.59 Å². The molecule has 27 heavy (non-hydrogen) atoms. The molecule has 0 bridgehead atoms. The molecule has 1 fully saturated rings. The monoisotopic (exact) mass is 387 g/mol. The second-order valence-corrected chi connectivity index (χ2v) is 7.27. The summed E-state index contributed by atoms with van der Waals surface area (Å²) in [5.41, 5.74) is 0.801. The zero-order chi connectivity index (χ0) is 19.2. The Morgan fingerprint density at radius 1 is 1.26 bits per heavy atom. The summed E-state index contributed by atoms with van der Waals surface area (Å²) in [5.74, 6) is -1.29. The van der Waals surface area contributed by atoms with Crippen LogP contribution >= 0.6 is 11.3 Å². The Balaban J connectivity index is 1.67. The lowest BCUT2D eigenvalue weighted by Gasteiger charge is -2.34. The Morgan fingerprint density at radius 3 is 2.70 bits per heavy atom. The second-order valence-electron chi connectivity index (χ2n) is 6.33. The standard InChI is InChI=1S/C19H21N3O4S/c23-16-8-4-5-11-22(16)17(13-6-2-1-3-7-13)18(24)20-10-9-15-21-14(12-27-15)19(25)26/h1-3,6-7,12,17H,4-5,8-11H2,(H,20,24)(H,25,26). The van der Waals surface area contributed by atoms with Crippen LogP contribution in [0.25, 0.3) is 0 Å². The van der Waals surface area contributed by atoms with E-state index in [0.717, 1.165) is 18.4 Å². The third-order valence-electron chi connectivity index (χ3n) is 4.44. The highest BCUT2D eigenvalue weighted by atomic mass is 32.1. The van der Waals surface area contributed by atoms with E-state index in [-0.39, 0.29) is 17.5 Å². The predicted molar refractivity (Wildman–Crippen MR) is 101 cm³/mol. The van der Waals surface area contributed by atoms with Crippen molar-refractivity contribution in [3.05, 3.63) is 52.0 Å². The number of carboxylic acids is 1. The highest BCUT2D eigenvalue weighted by Crippen LogP contribution is 2.25. The molecule has 2 N–H and O–H groups in total. The molecule has 1 atom stereocenters. The molecule has 0 aliphatic carbocycles. The number of hydrogen-bond donors (Lipinski definition) is 2. The lowest BCUT2D eigenvalue weighted by atomic mass is 10.0. The molecule has 142 valence electrons. The molecule has 0 spiro atoms. The summed E-state index contributed by atoms with van der Waals surface area (Å²) in [5, 5.41) is 13.9. The third-order valence-corrected chi connectivity index (χ3v) is 5.35. The van der Waals surface area contributed by atoms with Gasteiger partial charge in [-0.25, -0.2) is 9.78 Å². The van der Waals surface area contributed by atoms with Crippen molar-refractivity contribution in [3.63, 3.8) is 0 Å². The molecule has 1 aliphatic heterocycles. The maximum absolute atomic E-state index is 12.9. The minimum atomic E-state index is -1.06. The number of carbonyl (C=O) groups is 3. The number of likely N-dealkylation sites (tertiary alicyclic amines) is 1. The second kappa shape index (κ2) is 8.77. The molecule has 1 aromatic heterocycles. The number of benzene rings is 1. The number of carboxylic acid groups (broad SMARTS) is 1. The lowest BCUT2D eigenvalue weighted by molar-refractivity contribution is -0.142. The average Bonchev–Trinajstić information content (AvgIpc) is 3.14. The summed E-state index contributed by atoms with van der Waals surface area (Å²) in [6, 6.07) is 8.64. The van der Waals surface area contributed by atoms with Crippen LogP contribution in [0.1, 0.15) is 46.4 Å². The first-order valence-corrected chi connectivity index (χ1v) is 9.74. The number of nitrogens with zero attached hydrogens (tertiary/aromatic N) is 2. The zero-order valence-corrected chi connectivity index (χ0v) is 15.6. The van der Waals surface area contributed by atoms with E-state index in [2.05, 4.69) is 10.3 Å². The van der Waals surface area contributed by atoms with Gasteiger partial charge in [0.25, 0.3) is 0 Å². The maximum atomic E-state index is 12.9. The molecule has 1 aromatic carbocycles. The van der Waals surface area contributed by atoms with Crippen molar-refractivity contribution in [2.75, 3.05) is 13.1 Å². The first-order chi connectivity index (χ1) is 13.1. The summed E-state index contributed by atoms with van der Waals surface area (Å²) in [7, 11) is 0. The lowest BCUT2D eigenvalue weighted by Crippen LogP contribution is -2.46. The van der Waals surface area contributed by atoms with E-state index in [1.165, 1.54) is 16.7 Å². The number of piperidine rings is 1. The van der Waals surface area contributed by atoms with E-state index in [9.17, 15) is 14.4 Å². The van der Waals surface area contributed by atoms with Crippen LogP contribution in [0.4, 0.5) is 0 Å². The van der Waals surface area contributed by atoms with Crippen LogP contribution in [-0.2, 0) is 16.0 Å². The Morgan fingerprint density at radius 2 is 2.04 bits per heavy atom. The molecule has 0 radical (unpaired) electrons. The van der Waals surface area contributed by atoms with E-state index in [0.29, 0.717) is 30.9 Å². The van der Waals surface area contributed by atoms with Crippen molar-refractivity contribution in [1.82, 2.24) is 15.2 Å². The molecule has 1 saturated heterocycles. The van der Waals surface area contributed by atoms with Gasteiger partial charge in [-0.2, -0.15) is 0 Å². The number of aromatic nitrogens is 1. The largest absolute Gasteiger partial charge is 0.476 e. The summed E-state index contributed by atoms with van der Waals surface area (Å²) in [6.45, 7) is 0.900. The number of aromatic carboxylic acids is 1. The van der Waals surface area contributed by atoms with Crippen LogP contribution < -0.4 is 5.32 Å². The van der Waals surface area contributed by atoms with Crippen molar-refractivity contribution < 1.29 is 19.5 Å². The Kier molecular flexibility index (Phi) is 6.18. The van der Waals surface area contributed by atoms with Gasteiger partial charge in [0.05, 0.1) is 5.01 Å². The Labute approximate surface area is 161 Å². The minimum absolute atomic E-state index is 0.00345. The first-order valence-electron chi connectivity index (χ1n) is 8.86. The van der Waals surface area contributed by atoms with E-state index in [1.54, 1.807) is 4.90 Å². The van der Waals surface area contributed by atoms with Crippen LogP contribution in [0.3, 0.4) is 0 Å². The van der Waals surface area contributed by atoms with Crippen LogP contribution in [0, 0.1) is 0 Å². The third kappa shape index (κ3) is 4.71. The zero-order valence-electron chi connectivity index (χ0n) is 14.8. The molecule has 3 rings (SSSR count). The average molecular weight is 387 g/mol. The summed E-state index contributed by atoms with van der Waals surface area (Å²) >= 11 is 1.26. The Bertz CT molecular complexity index is 821. The van der Waals surface area contributed by atoms with Gasteiger partial charge in [0.2, 0.25) is 11.8 Å². The molecule has 8 heteroatoms. The first kappa shape index (κ1) is 19.0. The summed E-state index contributed by atoms with van der Waals surface area (Å²) in [4.78, 5) is 41.8. The van der Waals surface area contributed by atoms with Gasteiger partial charge in [-0.1, -0.05) is 30.3 Å². The predicted octanol–water partition coefficient (Wildman–Crippen LogP) is 2.25. The molecule has 2 amide bonds. The fourth-order valence-electron chi connectivity index (χ4n) is 3.12. The molecular weight excluding hydrogens is 366 g/mol. The summed E-state index contributed by atoms with van der Waals surface area (Å²) in [6.07, 6.45) is 2.65.